The zero-order chi connectivity index (χ0) is 15.2. The minimum atomic E-state index is -5.19. The second-order valence-corrected chi connectivity index (χ2v) is 5.80. The van der Waals surface area contributed by atoms with Crippen LogP contribution in [0, 0.1) is 3.57 Å². The van der Waals surface area contributed by atoms with Crippen LogP contribution in [0.4, 0.5) is 26.3 Å². The van der Waals surface area contributed by atoms with E-state index in [0.29, 0.717) is 0 Å². The minimum absolute atomic E-state index is 0.0493. The van der Waals surface area contributed by atoms with Gasteiger partial charge in [0.25, 0.3) is 10.1 Å². The van der Waals surface area contributed by atoms with Crippen LogP contribution in [-0.4, -0.2) is 13.0 Å². The van der Waals surface area contributed by atoms with E-state index in [9.17, 15) is 34.8 Å². The highest BCUT2D eigenvalue weighted by Crippen LogP contribution is 2.41. The summed E-state index contributed by atoms with van der Waals surface area (Å²) >= 11 is 0.820. The Morgan fingerprint density at radius 1 is 0.947 bits per heavy atom. The molecule has 0 radical (unpaired) electrons. The van der Waals surface area contributed by atoms with Crippen molar-refractivity contribution in [2.75, 3.05) is 0 Å². The molecule has 3 nitrogen and oxygen atoms in total. The van der Waals surface area contributed by atoms with Gasteiger partial charge in [0.15, 0.2) is 0 Å². The van der Waals surface area contributed by atoms with E-state index in [-0.39, 0.29) is 12.1 Å². The van der Waals surface area contributed by atoms with Crippen molar-refractivity contribution < 1.29 is 39.3 Å². The third-order valence-electron chi connectivity index (χ3n) is 1.95. The first-order valence-corrected chi connectivity index (χ1v) is 6.72. The van der Waals surface area contributed by atoms with E-state index < -0.39 is 42.1 Å². The van der Waals surface area contributed by atoms with Crippen molar-refractivity contribution >= 4 is 32.7 Å². The fourth-order valence-electron chi connectivity index (χ4n) is 1.16. The monoisotopic (exact) mass is 420 g/mol. The average Bonchev–Trinajstić information content (AvgIpc) is 2.11. The van der Waals surface area contributed by atoms with E-state index in [1.54, 1.807) is 0 Å². The van der Waals surface area contributed by atoms with Gasteiger partial charge >= 0.3 is 12.4 Å². The first-order chi connectivity index (χ1) is 8.24. The molecule has 19 heavy (non-hydrogen) atoms. The summed E-state index contributed by atoms with van der Waals surface area (Å²) in [5.74, 6) is 0. The van der Waals surface area contributed by atoms with E-state index >= 15 is 0 Å². The predicted molar refractivity (Wildman–Crippen MR) is 59.0 cm³/mol. The molecule has 0 fully saturated rings. The van der Waals surface area contributed by atoms with Gasteiger partial charge in [-0.3, -0.25) is 4.55 Å². The Balaban J connectivity index is 3.78. The van der Waals surface area contributed by atoms with Crippen molar-refractivity contribution in [2.24, 2.45) is 0 Å². The maximum Gasteiger partial charge on any atom is 0.417 e. The molecule has 1 N–H and O–H groups in total. The second kappa shape index (κ2) is 4.77. The molecule has 1 aromatic carbocycles. The Bertz CT molecular complexity index is 569. The number of hydrogen-bond acceptors (Lipinski definition) is 2. The highest BCUT2D eigenvalue weighted by molar-refractivity contribution is 14.1. The van der Waals surface area contributed by atoms with Crippen molar-refractivity contribution in [2.45, 2.75) is 17.2 Å². The molecule has 108 valence electrons. The molecule has 0 aliphatic rings. The lowest BCUT2D eigenvalue weighted by Crippen LogP contribution is -2.16. The van der Waals surface area contributed by atoms with Gasteiger partial charge in [-0.25, -0.2) is 0 Å². The van der Waals surface area contributed by atoms with Gasteiger partial charge < -0.3 is 0 Å². The molecule has 1 rings (SSSR count). The maximum atomic E-state index is 12.5. The third kappa shape index (κ3) is 3.72. The van der Waals surface area contributed by atoms with E-state index in [4.69, 9.17) is 4.55 Å². The Labute approximate surface area is 116 Å². The molecular weight excluding hydrogens is 417 g/mol. The van der Waals surface area contributed by atoms with Crippen LogP contribution in [0.5, 0.6) is 0 Å². The summed E-state index contributed by atoms with van der Waals surface area (Å²) in [6.07, 6.45) is -10.4. The van der Waals surface area contributed by atoms with Crippen molar-refractivity contribution in [1.29, 1.82) is 0 Å². The van der Waals surface area contributed by atoms with Gasteiger partial charge in [0.2, 0.25) is 0 Å². The number of alkyl halides is 6. The maximum absolute atomic E-state index is 12.5. The van der Waals surface area contributed by atoms with Crippen molar-refractivity contribution in [3.8, 4) is 0 Å². The van der Waals surface area contributed by atoms with Crippen molar-refractivity contribution in [3.05, 3.63) is 26.8 Å². The van der Waals surface area contributed by atoms with Crippen LogP contribution in [0.25, 0.3) is 0 Å². The SMILES string of the molecule is O=S(=O)(O)c1cc(C(F)(F)F)c(I)c(C(F)(F)F)c1. The molecule has 0 aromatic heterocycles. The number of halogens is 7. The van der Waals surface area contributed by atoms with Gasteiger partial charge in [-0.1, -0.05) is 0 Å². The summed E-state index contributed by atoms with van der Waals surface area (Å²) in [5.41, 5.74) is -3.56. The molecule has 0 unspecified atom stereocenters. The molecule has 0 spiro atoms. The average molecular weight is 420 g/mol. The zero-order valence-corrected chi connectivity index (χ0v) is 11.4. The highest BCUT2D eigenvalue weighted by Gasteiger charge is 2.41. The molecule has 0 amide bonds. The van der Waals surface area contributed by atoms with Crippen molar-refractivity contribution in [1.82, 2.24) is 0 Å². The van der Waals surface area contributed by atoms with Gasteiger partial charge in [-0.15, -0.1) is 0 Å². The normalized spacial score (nSPS) is 13.7. The van der Waals surface area contributed by atoms with Gasteiger partial charge in [0, 0.05) is 3.57 Å². The van der Waals surface area contributed by atoms with Crippen LogP contribution < -0.4 is 0 Å². The topological polar surface area (TPSA) is 54.4 Å². The molecule has 0 saturated heterocycles. The molecular formula is C8H3F6IO3S. The Morgan fingerprint density at radius 3 is 1.47 bits per heavy atom. The Kier molecular flexibility index (Phi) is 4.14. The lowest BCUT2D eigenvalue weighted by atomic mass is 10.1. The lowest BCUT2D eigenvalue weighted by molar-refractivity contribution is -0.144. The smallest absolute Gasteiger partial charge is 0.282 e. The molecule has 0 atom stereocenters. The summed E-state index contributed by atoms with van der Waals surface area (Å²) < 4.78 is 104. The van der Waals surface area contributed by atoms with E-state index in [1.165, 1.54) is 0 Å². The fraction of sp³-hybridized carbons (Fsp3) is 0.250. The van der Waals surface area contributed by atoms with Gasteiger partial charge in [0.05, 0.1) is 16.0 Å². The van der Waals surface area contributed by atoms with Crippen molar-refractivity contribution in [3.63, 3.8) is 0 Å². The third-order valence-corrected chi connectivity index (χ3v) is 3.95. The van der Waals surface area contributed by atoms with Crippen LogP contribution in [-0.2, 0) is 22.5 Å². The summed E-state index contributed by atoms with van der Waals surface area (Å²) in [6, 6.07) is -0.0985. The summed E-state index contributed by atoms with van der Waals surface area (Å²) in [7, 11) is -5.19. The fourth-order valence-corrected chi connectivity index (χ4v) is 2.62. The molecule has 0 aliphatic carbocycles. The van der Waals surface area contributed by atoms with E-state index in [0.717, 1.165) is 22.6 Å². The largest absolute Gasteiger partial charge is 0.417 e. The summed E-state index contributed by atoms with van der Waals surface area (Å²) in [4.78, 5) is -1.47. The van der Waals surface area contributed by atoms with Gasteiger partial charge in [-0.2, -0.15) is 34.8 Å². The first kappa shape index (κ1) is 16.5. The van der Waals surface area contributed by atoms with Crippen LogP contribution >= 0.6 is 22.6 Å². The first-order valence-electron chi connectivity index (χ1n) is 4.20. The van der Waals surface area contributed by atoms with Crippen LogP contribution in [0.1, 0.15) is 11.1 Å². The van der Waals surface area contributed by atoms with Crippen LogP contribution in [0.2, 0.25) is 0 Å². The molecule has 1 aromatic rings. The molecule has 0 aliphatic heterocycles. The minimum Gasteiger partial charge on any atom is -0.282 e. The highest BCUT2D eigenvalue weighted by atomic mass is 127. The van der Waals surface area contributed by atoms with Crippen LogP contribution in [0.15, 0.2) is 17.0 Å². The molecule has 0 bridgehead atoms. The Morgan fingerprint density at radius 2 is 1.26 bits per heavy atom. The molecule has 0 saturated carbocycles. The zero-order valence-electron chi connectivity index (χ0n) is 8.47. The van der Waals surface area contributed by atoms with E-state index in [1.807, 2.05) is 0 Å². The second-order valence-electron chi connectivity index (χ2n) is 3.30. The van der Waals surface area contributed by atoms with Crippen LogP contribution in [0.3, 0.4) is 0 Å². The van der Waals surface area contributed by atoms with E-state index in [2.05, 4.69) is 0 Å². The summed E-state index contributed by atoms with van der Waals surface area (Å²) in [5, 5.41) is 0. The van der Waals surface area contributed by atoms with Gasteiger partial charge in [-0.05, 0) is 34.7 Å². The number of benzene rings is 1. The quantitative estimate of drug-likeness (QED) is 0.430. The summed E-state index contributed by atoms with van der Waals surface area (Å²) in [6.45, 7) is 0. The number of hydrogen-bond donors (Lipinski definition) is 1. The van der Waals surface area contributed by atoms with Gasteiger partial charge in [0.1, 0.15) is 0 Å². The Hall–Kier alpha value is -0.560. The molecule has 11 heteroatoms. The lowest BCUT2D eigenvalue weighted by Gasteiger charge is -2.16. The standard InChI is InChI=1S/C8H3F6IO3S/c9-7(10,11)4-1-3(19(16,17)18)2-5(6(4)15)8(12,13)14/h1-2H,(H,16,17,18). The molecule has 0 heterocycles. The number of rotatable bonds is 1. The predicted octanol–water partition coefficient (Wildman–Crippen LogP) is 3.58.